The minimum atomic E-state index is -0.107. The number of benzene rings is 1. The molecule has 2 rings (SSSR count). The van der Waals surface area contributed by atoms with Gasteiger partial charge in [0.25, 0.3) is 0 Å². The van der Waals surface area contributed by atoms with Crippen LogP contribution >= 0.6 is 0 Å². The van der Waals surface area contributed by atoms with Gasteiger partial charge in [-0.2, -0.15) is 5.10 Å². The number of rotatable bonds is 5. The number of ketones is 2. The molecule has 4 heteroatoms. The lowest BCUT2D eigenvalue weighted by molar-refractivity contribution is -0.117. The Morgan fingerprint density at radius 1 is 1.32 bits per heavy atom. The van der Waals surface area contributed by atoms with Crippen molar-refractivity contribution < 1.29 is 9.59 Å². The molecule has 0 bridgehead atoms. The van der Waals surface area contributed by atoms with Gasteiger partial charge in [-0.3, -0.25) is 14.3 Å². The van der Waals surface area contributed by atoms with Crippen molar-refractivity contribution in [2.45, 2.75) is 34.2 Å². The van der Waals surface area contributed by atoms with Crippen molar-refractivity contribution in [1.82, 2.24) is 9.78 Å². The normalized spacial score (nSPS) is 11.7. The van der Waals surface area contributed by atoms with Crippen LogP contribution in [0.5, 0.6) is 0 Å². The highest BCUT2D eigenvalue weighted by atomic mass is 16.1. The minimum absolute atomic E-state index is 0.00298. The Hall–Kier alpha value is -2.49. The second kappa shape index (κ2) is 6.10. The second-order valence-corrected chi connectivity index (χ2v) is 5.40. The minimum Gasteiger partial charge on any atom is -0.298 e. The first-order valence-electron chi connectivity index (χ1n) is 7.19. The zero-order chi connectivity index (χ0) is 16.4. The van der Waals surface area contributed by atoms with E-state index in [-0.39, 0.29) is 18.1 Å². The van der Waals surface area contributed by atoms with Gasteiger partial charge in [-0.25, -0.2) is 0 Å². The van der Waals surface area contributed by atoms with Gasteiger partial charge < -0.3 is 0 Å². The zero-order valence-electron chi connectivity index (χ0n) is 13.4. The molecule has 22 heavy (non-hydrogen) atoms. The molecular formula is C18H20N2O2. The van der Waals surface area contributed by atoms with E-state index in [1.165, 1.54) is 13.8 Å². The molecule has 0 fully saturated rings. The van der Waals surface area contributed by atoms with Crippen LogP contribution in [0.3, 0.4) is 0 Å². The highest BCUT2D eigenvalue weighted by molar-refractivity contribution is 6.06. The van der Waals surface area contributed by atoms with Gasteiger partial charge in [0.1, 0.15) is 5.69 Å². The van der Waals surface area contributed by atoms with Crippen molar-refractivity contribution in [2.75, 3.05) is 0 Å². The fourth-order valence-electron chi connectivity index (χ4n) is 2.68. The van der Waals surface area contributed by atoms with Gasteiger partial charge in [0.2, 0.25) is 0 Å². The van der Waals surface area contributed by atoms with Crippen LogP contribution in [-0.4, -0.2) is 21.3 Å². The maximum atomic E-state index is 11.9. The standard InChI is InChI=1S/C18H20N2O2/c1-6-14(7-2)15-8-11(3)18-16(9-15)17(13(5)22)19-20(18)10-12(4)21/h6-9H,1,10H2,2-5H3/b14-7+. The van der Waals surface area contributed by atoms with Gasteiger partial charge >= 0.3 is 0 Å². The maximum Gasteiger partial charge on any atom is 0.180 e. The number of hydrogen-bond donors (Lipinski definition) is 0. The van der Waals surface area contributed by atoms with E-state index in [0.717, 1.165) is 27.6 Å². The third kappa shape index (κ3) is 2.77. The topological polar surface area (TPSA) is 52.0 Å². The number of aromatic nitrogens is 2. The van der Waals surface area contributed by atoms with Crippen LogP contribution in [0, 0.1) is 6.92 Å². The summed E-state index contributed by atoms with van der Waals surface area (Å²) < 4.78 is 1.62. The number of Topliss-reactive ketones (excluding diaryl/α,β-unsaturated/α-hetero) is 2. The summed E-state index contributed by atoms with van der Waals surface area (Å²) in [6, 6.07) is 3.97. The smallest absolute Gasteiger partial charge is 0.180 e. The van der Waals surface area contributed by atoms with Crippen LogP contribution < -0.4 is 0 Å². The Kier molecular flexibility index (Phi) is 4.40. The van der Waals surface area contributed by atoms with Crippen LogP contribution in [0.2, 0.25) is 0 Å². The van der Waals surface area contributed by atoms with E-state index in [4.69, 9.17) is 0 Å². The summed E-state index contributed by atoms with van der Waals surface area (Å²) in [7, 11) is 0. The van der Waals surface area contributed by atoms with E-state index in [1.807, 2.05) is 32.1 Å². The van der Waals surface area contributed by atoms with E-state index in [1.54, 1.807) is 10.8 Å². The number of aryl methyl sites for hydroxylation is 1. The lowest BCUT2D eigenvalue weighted by Gasteiger charge is -2.07. The van der Waals surface area contributed by atoms with E-state index >= 15 is 0 Å². The Balaban J connectivity index is 2.82. The summed E-state index contributed by atoms with van der Waals surface area (Å²) in [6.45, 7) is 10.9. The maximum absolute atomic E-state index is 11.9. The molecule has 0 unspecified atom stereocenters. The zero-order valence-corrected chi connectivity index (χ0v) is 13.4. The molecule has 0 aliphatic rings. The molecule has 2 aromatic rings. The number of fused-ring (bicyclic) bond motifs is 1. The van der Waals surface area contributed by atoms with Gasteiger partial charge in [0.05, 0.1) is 12.1 Å². The van der Waals surface area contributed by atoms with Gasteiger partial charge in [0.15, 0.2) is 11.6 Å². The summed E-state index contributed by atoms with van der Waals surface area (Å²) in [5.74, 6) is -0.104. The molecule has 0 amide bonds. The molecule has 4 nitrogen and oxygen atoms in total. The van der Waals surface area contributed by atoms with Crippen molar-refractivity contribution in [3.63, 3.8) is 0 Å². The fraction of sp³-hybridized carbons (Fsp3) is 0.278. The first kappa shape index (κ1) is 15.9. The monoisotopic (exact) mass is 296 g/mol. The average Bonchev–Trinajstić information content (AvgIpc) is 2.79. The van der Waals surface area contributed by atoms with Crippen molar-refractivity contribution in [1.29, 1.82) is 0 Å². The first-order chi connectivity index (χ1) is 10.4. The number of allylic oxidation sites excluding steroid dienone is 3. The van der Waals surface area contributed by atoms with Crippen molar-refractivity contribution in [3.8, 4) is 0 Å². The Morgan fingerprint density at radius 3 is 2.50 bits per heavy atom. The molecule has 0 aliphatic heterocycles. The lowest BCUT2D eigenvalue weighted by atomic mass is 9.99. The lowest BCUT2D eigenvalue weighted by Crippen LogP contribution is -2.09. The van der Waals surface area contributed by atoms with E-state index in [9.17, 15) is 9.59 Å². The summed E-state index contributed by atoms with van der Waals surface area (Å²) in [4.78, 5) is 23.3. The number of carbonyl (C=O) groups excluding carboxylic acids is 2. The SMILES string of the molecule is C=C/C(=C\C)c1cc(C)c2c(c1)c(C(C)=O)nn2CC(C)=O. The fourth-order valence-corrected chi connectivity index (χ4v) is 2.68. The molecule has 0 saturated carbocycles. The van der Waals surface area contributed by atoms with E-state index in [2.05, 4.69) is 11.7 Å². The number of nitrogens with zero attached hydrogens (tertiary/aromatic N) is 2. The summed E-state index contributed by atoms with van der Waals surface area (Å²) in [6.07, 6.45) is 3.76. The van der Waals surface area contributed by atoms with Crippen molar-refractivity contribution in [3.05, 3.63) is 47.7 Å². The molecular weight excluding hydrogens is 276 g/mol. The Bertz CT molecular complexity index is 810. The van der Waals surface area contributed by atoms with Crippen LogP contribution in [0.4, 0.5) is 0 Å². The number of carbonyl (C=O) groups is 2. The highest BCUT2D eigenvalue weighted by Crippen LogP contribution is 2.28. The second-order valence-electron chi connectivity index (χ2n) is 5.40. The van der Waals surface area contributed by atoms with Crippen LogP contribution in [0.25, 0.3) is 16.5 Å². The highest BCUT2D eigenvalue weighted by Gasteiger charge is 2.18. The van der Waals surface area contributed by atoms with Crippen molar-refractivity contribution in [2.24, 2.45) is 0 Å². The van der Waals surface area contributed by atoms with Gasteiger partial charge in [-0.1, -0.05) is 18.7 Å². The molecule has 1 aromatic carbocycles. The molecule has 1 aromatic heterocycles. The molecule has 114 valence electrons. The van der Waals surface area contributed by atoms with Crippen LogP contribution in [0.1, 0.15) is 42.4 Å². The van der Waals surface area contributed by atoms with Crippen molar-refractivity contribution >= 4 is 28.0 Å². The number of hydrogen-bond acceptors (Lipinski definition) is 3. The molecule has 1 heterocycles. The Labute approximate surface area is 130 Å². The predicted octanol–water partition coefficient (Wildman–Crippen LogP) is 3.73. The Morgan fingerprint density at radius 2 is 2.00 bits per heavy atom. The molecule has 0 radical (unpaired) electrons. The predicted molar refractivity (Wildman–Crippen MR) is 89.0 cm³/mol. The third-order valence-corrected chi connectivity index (χ3v) is 3.60. The van der Waals surface area contributed by atoms with E-state index in [0.29, 0.717) is 5.69 Å². The molecule has 0 saturated heterocycles. The molecule has 0 atom stereocenters. The average molecular weight is 296 g/mol. The summed E-state index contributed by atoms with van der Waals surface area (Å²) in [5.41, 5.74) is 4.21. The van der Waals surface area contributed by atoms with Gasteiger partial charge in [-0.15, -0.1) is 0 Å². The van der Waals surface area contributed by atoms with Gasteiger partial charge in [-0.05, 0) is 49.6 Å². The largest absolute Gasteiger partial charge is 0.298 e. The first-order valence-corrected chi connectivity index (χ1v) is 7.19. The summed E-state index contributed by atoms with van der Waals surface area (Å²) >= 11 is 0. The van der Waals surface area contributed by atoms with Gasteiger partial charge in [0, 0.05) is 12.3 Å². The summed E-state index contributed by atoms with van der Waals surface area (Å²) in [5, 5.41) is 5.13. The van der Waals surface area contributed by atoms with Crippen LogP contribution in [0.15, 0.2) is 30.9 Å². The molecule has 0 spiro atoms. The van der Waals surface area contributed by atoms with E-state index < -0.39 is 0 Å². The third-order valence-electron chi connectivity index (χ3n) is 3.60. The van der Waals surface area contributed by atoms with Crippen LogP contribution in [-0.2, 0) is 11.3 Å². The molecule has 0 aliphatic carbocycles. The quantitative estimate of drug-likeness (QED) is 0.624. The molecule has 0 N–H and O–H groups in total.